The highest BCUT2D eigenvalue weighted by Crippen LogP contribution is 2.41. The van der Waals surface area contributed by atoms with Crippen LogP contribution in [0.1, 0.15) is 11.6 Å². The third-order valence-electron chi connectivity index (χ3n) is 2.44. The first-order valence-electron chi connectivity index (χ1n) is 4.74. The number of hydrogen-bond acceptors (Lipinski definition) is 4. The molecule has 1 heterocycles. The van der Waals surface area contributed by atoms with Crippen molar-refractivity contribution in [3.05, 3.63) is 23.8 Å². The monoisotopic (exact) mass is 281 g/mol. The molecule has 0 aromatic heterocycles. The smallest absolute Gasteiger partial charge is 0.408 e. The first kappa shape index (κ1) is 14.3. The number of para-hydroxylation sites is 1. The molecule has 1 amide bonds. The van der Waals surface area contributed by atoms with Crippen molar-refractivity contribution in [2.45, 2.75) is 12.0 Å². The Balaban J connectivity index is 0.00000162. The highest BCUT2D eigenvalue weighted by molar-refractivity contribution is 5.85. The zero-order valence-corrected chi connectivity index (χ0v) is 9.71. The second-order valence-corrected chi connectivity index (χ2v) is 3.63. The van der Waals surface area contributed by atoms with Gasteiger partial charge in [0.1, 0.15) is 6.04 Å². The summed E-state index contributed by atoms with van der Waals surface area (Å²) in [7, 11) is 0. The minimum absolute atomic E-state index is 0. The number of phenolic OH excluding ortho intramolecular Hbond substituents is 2. The minimum atomic E-state index is -3.36. The molecular formula is C10H10ClF2NO4. The lowest BCUT2D eigenvalue weighted by molar-refractivity contribution is -0.104. The van der Waals surface area contributed by atoms with E-state index in [1.54, 1.807) is 0 Å². The molecule has 3 N–H and O–H groups in total. The molecule has 0 aliphatic carbocycles. The van der Waals surface area contributed by atoms with E-state index in [9.17, 15) is 23.8 Å². The van der Waals surface area contributed by atoms with Gasteiger partial charge in [-0.15, -0.1) is 12.4 Å². The van der Waals surface area contributed by atoms with E-state index in [1.807, 2.05) is 5.32 Å². The highest BCUT2D eigenvalue weighted by atomic mass is 35.5. The summed E-state index contributed by atoms with van der Waals surface area (Å²) < 4.78 is 31.2. The Bertz CT molecular complexity index is 469. The number of phenols is 2. The molecule has 1 aromatic carbocycles. The summed E-state index contributed by atoms with van der Waals surface area (Å²) in [6.07, 6.45) is -0.997. The number of benzene rings is 1. The zero-order valence-electron chi connectivity index (χ0n) is 8.89. The van der Waals surface area contributed by atoms with Crippen LogP contribution >= 0.6 is 12.4 Å². The average Bonchev–Trinajstić information content (AvgIpc) is 2.26. The third kappa shape index (κ3) is 2.40. The maximum Gasteiger partial charge on any atom is 0.408 e. The van der Waals surface area contributed by atoms with E-state index in [0.29, 0.717) is 0 Å². The van der Waals surface area contributed by atoms with Gasteiger partial charge in [0, 0.05) is 5.56 Å². The molecule has 100 valence electrons. The number of ether oxygens (including phenoxy) is 1. The Morgan fingerprint density at radius 1 is 1.39 bits per heavy atom. The summed E-state index contributed by atoms with van der Waals surface area (Å²) >= 11 is 0. The minimum Gasteiger partial charge on any atom is -0.504 e. The normalized spacial score (nSPS) is 21.4. The number of alkyl carbamates (subject to hydrolysis) is 1. The van der Waals surface area contributed by atoms with Crippen LogP contribution in [0.3, 0.4) is 0 Å². The van der Waals surface area contributed by atoms with Crippen molar-refractivity contribution in [3.63, 3.8) is 0 Å². The summed E-state index contributed by atoms with van der Waals surface area (Å²) in [5.41, 5.74) is -0.258. The third-order valence-corrected chi connectivity index (χ3v) is 2.44. The van der Waals surface area contributed by atoms with Crippen molar-refractivity contribution in [1.29, 1.82) is 0 Å². The van der Waals surface area contributed by atoms with Gasteiger partial charge in [0.15, 0.2) is 18.1 Å². The van der Waals surface area contributed by atoms with Crippen molar-refractivity contribution in [2.24, 2.45) is 0 Å². The van der Waals surface area contributed by atoms with E-state index in [4.69, 9.17) is 0 Å². The van der Waals surface area contributed by atoms with Crippen LogP contribution in [0, 0.1) is 0 Å². The first-order chi connectivity index (χ1) is 7.92. The number of amides is 1. The molecule has 1 atom stereocenters. The van der Waals surface area contributed by atoms with Gasteiger partial charge in [-0.05, 0) is 6.07 Å². The summed E-state index contributed by atoms with van der Waals surface area (Å²) in [6.45, 7) is -1.07. The van der Waals surface area contributed by atoms with Crippen molar-refractivity contribution in [3.8, 4) is 11.5 Å². The van der Waals surface area contributed by atoms with Crippen molar-refractivity contribution >= 4 is 18.5 Å². The molecule has 1 saturated heterocycles. The number of hydrogen-bond donors (Lipinski definition) is 3. The Labute approximate surface area is 107 Å². The predicted molar refractivity (Wildman–Crippen MR) is 59.2 cm³/mol. The van der Waals surface area contributed by atoms with E-state index in [2.05, 4.69) is 4.74 Å². The lowest BCUT2D eigenvalue weighted by Crippen LogP contribution is -2.49. The number of cyclic esters (lactones) is 1. The van der Waals surface area contributed by atoms with Crippen LogP contribution in [0.15, 0.2) is 18.2 Å². The standard InChI is InChI=1S/C10H9F2NO4.ClH/c11-10(12)4-17-9(16)13-8(10)5-2-1-3-6(14)7(5)15;/h1-3,8,14-15H,4H2,(H,13,16);1H/t8-;/m1./s1. The van der Waals surface area contributed by atoms with E-state index >= 15 is 0 Å². The number of nitrogens with one attached hydrogen (secondary N) is 1. The van der Waals surface area contributed by atoms with Crippen LogP contribution in [0.2, 0.25) is 0 Å². The van der Waals surface area contributed by atoms with Gasteiger partial charge in [-0.2, -0.15) is 0 Å². The highest BCUT2D eigenvalue weighted by Gasteiger charge is 2.48. The maximum absolute atomic E-state index is 13.5. The van der Waals surface area contributed by atoms with Gasteiger partial charge < -0.3 is 20.3 Å². The molecule has 18 heavy (non-hydrogen) atoms. The topological polar surface area (TPSA) is 78.8 Å². The zero-order chi connectivity index (χ0) is 12.6. The molecule has 1 aliphatic rings. The lowest BCUT2D eigenvalue weighted by Gasteiger charge is -2.32. The predicted octanol–water partition coefficient (Wildman–Crippen LogP) is 1.94. The number of rotatable bonds is 1. The fourth-order valence-electron chi connectivity index (χ4n) is 1.60. The summed E-state index contributed by atoms with van der Waals surface area (Å²) in [5, 5.41) is 20.6. The van der Waals surface area contributed by atoms with Gasteiger partial charge in [0.25, 0.3) is 0 Å². The molecular weight excluding hydrogens is 272 g/mol. The van der Waals surface area contributed by atoms with Crippen molar-refractivity contribution < 1.29 is 28.5 Å². The second kappa shape index (κ2) is 4.85. The molecule has 1 aromatic rings. The molecule has 0 radical (unpaired) electrons. The molecule has 0 spiro atoms. The quantitative estimate of drug-likeness (QED) is 0.687. The molecule has 0 bridgehead atoms. The van der Waals surface area contributed by atoms with Crippen LogP contribution in [-0.4, -0.2) is 28.8 Å². The number of carbonyl (C=O) groups excluding carboxylic acids is 1. The Morgan fingerprint density at radius 2 is 2.06 bits per heavy atom. The second-order valence-electron chi connectivity index (χ2n) is 3.63. The largest absolute Gasteiger partial charge is 0.504 e. The molecule has 0 saturated carbocycles. The van der Waals surface area contributed by atoms with E-state index < -0.39 is 36.2 Å². The summed E-state index contributed by atoms with van der Waals surface area (Å²) in [5.74, 6) is -4.57. The van der Waals surface area contributed by atoms with Gasteiger partial charge in [-0.1, -0.05) is 12.1 Å². The number of aromatic hydroxyl groups is 2. The van der Waals surface area contributed by atoms with Crippen LogP contribution in [0.5, 0.6) is 11.5 Å². The van der Waals surface area contributed by atoms with E-state index in [1.165, 1.54) is 12.1 Å². The van der Waals surface area contributed by atoms with E-state index in [-0.39, 0.29) is 18.0 Å². The van der Waals surface area contributed by atoms with Crippen LogP contribution in [0.4, 0.5) is 13.6 Å². The van der Waals surface area contributed by atoms with Crippen molar-refractivity contribution in [2.75, 3.05) is 6.61 Å². The Kier molecular flexibility index (Phi) is 3.85. The fourth-order valence-corrected chi connectivity index (χ4v) is 1.60. The molecule has 2 rings (SSSR count). The van der Waals surface area contributed by atoms with Gasteiger partial charge in [-0.3, -0.25) is 0 Å². The lowest BCUT2D eigenvalue weighted by atomic mass is 9.99. The van der Waals surface area contributed by atoms with Crippen LogP contribution in [0.25, 0.3) is 0 Å². The fraction of sp³-hybridized carbons (Fsp3) is 0.300. The van der Waals surface area contributed by atoms with Gasteiger partial charge >= 0.3 is 12.0 Å². The Morgan fingerprint density at radius 3 is 2.72 bits per heavy atom. The molecule has 0 unspecified atom stereocenters. The first-order valence-corrected chi connectivity index (χ1v) is 4.74. The van der Waals surface area contributed by atoms with Crippen LogP contribution in [-0.2, 0) is 4.74 Å². The number of halogens is 3. The summed E-state index contributed by atoms with van der Waals surface area (Å²) in [4.78, 5) is 10.9. The number of carbonyl (C=O) groups is 1. The average molecular weight is 282 g/mol. The van der Waals surface area contributed by atoms with Crippen LogP contribution < -0.4 is 5.32 Å². The van der Waals surface area contributed by atoms with E-state index in [0.717, 1.165) is 6.07 Å². The summed E-state index contributed by atoms with van der Waals surface area (Å²) in [6, 6.07) is 1.91. The molecule has 5 nitrogen and oxygen atoms in total. The SMILES string of the molecule is Cl.O=C1N[C@H](c2cccc(O)c2O)C(F)(F)CO1. The van der Waals surface area contributed by atoms with Gasteiger partial charge in [0.05, 0.1) is 0 Å². The van der Waals surface area contributed by atoms with Gasteiger partial charge in [0.2, 0.25) is 0 Å². The molecule has 1 aliphatic heterocycles. The molecule has 1 fully saturated rings. The van der Waals surface area contributed by atoms with Crippen molar-refractivity contribution in [1.82, 2.24) is 5.32 Å². The number of alkyl halides is 2. The maximum atomic E-state index is 13.5. The molecule has 8 heteroatoms. The Hall–Kier alpha value is -1.76. The van der Waals surface area contributed by atoms with Gasteiger partial charge in [-0.25, -0.2) is 13.6 Å².